The average Bonchev–Trinajstić information content (AvgIpc) is 2.09. The summed E-state index contributed by atoms with van der Waals surface area (Å²) in [6.45, 7) is 0. The molecule has 4 heteroatoms. The third kappa shape index (κ3) is 1.16. The summed E-state index contributed by atoms with van der Waals surface area (Å²) in [6, 6.07) is 4.76. The lowest BCUT2D eigenvalue weighted by molar-refractivity contribution is -0.134. The number of phenolic OH excluding ortho intramolecular Hbond substituents is 1. The van der Waals surface area contributed by atoms with Crippen molar-refractivity contribution in [3.05, 3.63) is 23.8 Å². The van der Waals surface area contributed by atoms with Crippen LogP contribution in [0.15, 0.2) is 18.2 Å². The number of nitrogens with one attached hydrogen (secondary N) is 1. The molecule has 2 rings (SSSR count). The predicted molar refractivity (Wildman–Crippen MR) is 45.4 cm³/mol. The van der Waals surface area contributed by atoms with Gasteiger partial charge in [-0.3, -0.25) is 9.59 Å². The van der Waals surface area contributed by atoms with E-state index >= 15 is 0 Å². The van der Waals surface area contributed by atoms with Crippen LogP contribution < -0.4 is 5.32 Å². The van der Waals surface area contributed by atoms with Crippen molar-refractivity contribution < 1.29 is 14.7 Å². The lowest BCUT2D eigenvalue weighted by Crippen LogP contribution is -2.29. The zero-order chi connectivity index (χ0) is 9.42. The molecule has 4 nitrogen and oxygen atoms in total. The Bertz CT molecular complexity index is 398. The minimum absolute atomic E-state index is 0.0200. The molecule has 0 radical (unpaired) electrons. The lowest BCUT2D eigenvalue weighted by atomic mass is 10.0. The van der Waals surface area contributed by atoms with Gasteiger partial charge in [-0.25, -0.2) is 0 Å². The fraction of sp³-hybridized carbons (Fsp3) is 0.111. The van der Waals surface area contributed by atoms with Crippen molar-refractivity contribution in [2.24, 2.45) is 0 Å². The van der Waals surface area contributed by atoms with Crippen molar-refractivity contribution in [2.75, 3.05) is 5.32 Å². The van der Waals surface area contributed by atoms with E-state index in [1.54, 1.807) is 12.1 Å². The van der Waals surface area contributed by atoms with E-state index in [0.29, 0.717) is 11.3 Å². The Labute approximate surface area is 74.2 Å². The molecule has 1 aromatic rings. The van der Waals surface area contributed by atoms with Crippen LogP contribution >= 0.6 is 0 Å². The molecule has 0 atom stereocenters. The number of carbonyl (C=O) groups is 2. The van der Waals surface area contributed by atoms with Crippen LogP contribution in [-0.2, 0) is 16.0 Å². The average molecular weight is 177 g/mol. The van der Waals surface area contributed by atoms with E-state index in [1.807, 2.05) is 0 Å². The van der Waals surface area contributed by atoms with Gasteiger partial charge in [0.2, 0.25) is 5.78 Å². The van der Waals surface area contributed by atoms with Crippen molar-refractivity contribution in [3.63, 3.8) is 0 Å². The van der Waals surface area contributed by atoms with E-state index in [0.717, 1.165) is 0 Å². The number of rotatable bonds is 0. The number of carbonyl (C=O) groups excluding carboxylic acids is 2. The SMILES string of the molecule is O=C1Cc2c(O)cccc2NC1=O. The Morgan fingerprint density at radius 3 is 2.85 bits per heavy atom. The summed E-state index contributed by atoms with van der Waals surface area (Å²) in [5.74, 6) is -1.09. The van der Waals surface area contributed by atoms with Crippen molar-refractivity contribution in [2.45, 2.75) is 6.42 Å². The molecule has 0 unspecified atom stereocenters. The largest absolute Gasteiger partial charge is 0.508 e. The molecule has 1 aliphatic heterocycles. The summed E-state index contributed by atoms with van der Waals surface area (Å²) in [7, 11) is 0. The maximum Gasteiger partial charge on any atom is 0.292 e. The Hall–Kier alpha value is -1.84. The van der Waals surface area contributed by atoms with Gasteiger partial charge in [-0.05, 0) is 12.1 Å². The number of ketones is 1. The van der Waals surface area contributed by atoms with Crippen LogP contribution in [0.4, 0.5) is 5.69 Å². The molecule has 0 saturated carbocycles. The van der Waals surface area contributed by atoms with Crippen LogP contribution in [0.25, 0.3) is 0 Å². The van der Waals surface area contributed by atoms with Crippen LogP contribution in [0.3, 0.4) is 0 Å². The molecule has 0 aromatic heterocycles. The van der Waals surface area contributed by atoms with Crippen LogP contribution in [-0.4, -0.2) is 16.8 Å². The highest BCUT2D eigenvalue weighted by molar-refractivity contribution is 6.42. The second kappa shape index (κ2) is 2.58. The maximum absolute atomic E-state index is 11.0. The van der Waals surface area contributed by atoms with Crippen molar-refractivity contribution in [1.29, 1.82) is 0 Å². The highest BCUT2D eigenvalue weighted by Gasteiger charge is 2.24. The first-order chi connectivity index (χ1) is 6.18. The number of phenols is 1. The molecule has 13 heavy (non-hydrogen) atoms. The first-order valence-corrected chi connectivity index (χ1v) is 3.83. The van der Waals surface area contributed by atoms with E-state index in [2.05, 4.69) is 5.32 Å². The van der Waals surface area contributed by atoms with E-state index in [4.69, 9.17) is 0 Å². The molecule has 0 saturated heterocycles. The van der Waals surface area contributed by atoms with Gasteiger partial charge in [-0.2, -0.15) is 0 Å². The van der Waals surface area contributed by atoms with Crippen molar-refractivity contribution >= 4 is 17.4 Å². The van der Waals surface area contributed by atoms with Gasteiger partial charge in [0.15, 0.2) is 0 Å². The fourth-order valence-electron chi connectivity index (χ4n) is 1.31. The number of hydrogen-bond acceptors (Lipinski definition) is 3. The molecule has 1 heterocycles. The smallest absolute Gasteiger partial charge is 0.292 e. The molecule has 1 aliphatic rings. The summed E-state index contributed by atoms with van der Waals surface area (Å²) >= 11 is 0. The number of Topliss-reactive ketones (excluding diaryl/α,β-unsaturated/α-hetero) is 1. The van der Waals surface area contributed by atoms with Crippen LogP contribution in [0.1, 0.15) is 5.56 Å². The highest BCUT2D eigenvalue weighted by Crippen LogP contribution is 2.28. The Morgan fingerprint density at radius 2 is 2.08 bits per heavy atom. The zero-order valence-corrected chi connectivity index (χ0v) is 6.70. The first kappa shape index (κ1) is 7.79. The summed E-state index contributed by atoms with van der Waals surface area (Å²) in [4.78, 5) is 21.9. The van der Waals surface area contributed by atoms with E-state index in [-0.39, 0.29) is 12.2 Å². The maximum atomic E-state index is 11.0. The number of amides is 1. The van der Waals surface area contributed by atoms with Gasteiger partial charge in [-0.15, -0.1) is 0 Å². The second-order valence-corrected chi connectivity index (χ2v) is 2.86. The molecule has 66 valence electrons. The second-order valence-electron chi connectivity index (χ2n) is 2.86. The molecule has 0 spiro atoms. The van der Waals surface area contributed by atoms with E-state index in [1.165, 1.54) is 6.07 Å². The standard InChI is InChI=1S/C9H7NO3/c11-7-3-1-2-6-5(7)4-8(12)9(13)10-6/h1-3,11H,4H2,(H,10,13). The van der Waals surface area contributed by atoms with Crippen LogP contribution in [0, 0.1) is 0 Å². The van der Waals surface area contributed by atoms with Gasteiger partial charge >= 0.3 is 0 Å². The molecule has 0 fully saturated rings. The number of anilines is 1. The minimum Gasteiger partial charge on any atom is -0.508 e. The third-order valence-corrected chi connectivity index (χ3v) is 1.99. The van der Waals surface area contributed by atoms with Gasteiger partial charge in [0.25, 0.3) is 5.91 Å². The van der Waals surface area contributed by atoms with Crippen LogP contribution in [0.5, 0.6) is 5.75 Å². The molecule has 1 aromatic carbocycles. The quantitative estimate of drug-likeness (QED) is 0.565. The van der Waals surface area contributed by atoms with Gasteiger partial charge < -0.3 is 10.4 Å². The van der Waals surface area contributed by atoms with Crippen LogP contribution in [0.2, 0.25) is 0 Å². The normalized spacial score (nSPS) is 15.1. The first-order valence-electron chi connectivity index (χ1n) is 3.83. The fourth-order valence-corrected chi connectivity index (χ4v) is 1.31. The summed E-state index contributed by atoms with van der Waals surface area (Å²) in [5, 5.41) is 11.8. The van der Waals surface area contributed by atoms with Crippen molar-refractivity contribution in [3.8, 4) is 5.75 Å². The monoisotopic (exact) mass is 177 g/mol. The summed E-state index contributed by atoms with van der Waals surface area (Å²) in [6.07, 6.45) is -0.0200. The number of fused-ring (bicyclic) bond motifs is 1. The molecule has 1 amide bonds. The number of aromatic hydroxyl groups is 1. The Morgan fingerprint density at radius 1 is 1.31 bits per heavy atom. The highest BCUT2D eigenvalue weighted by atomic mass is 16.3. The summed E-state index contributed by atoms with van der Waals surface area (Å²) < 4.78 is 0. The van der Waals surface area contributed by atoms with Gasteiger partial charge in [0, 0.05) is 17.7 Å². The van der Waals surface area contributed by atoms with E-state index < -0.39 is 11.7 Å². The summed E-state index contributed by atoms with van der Waals surface area (Å²) in [5.41, 5.74) is 1.01. The number of hydrogen-bond donors (Lipinski definition) is 2. The van der Waals surface area contributed by atoms with Gasteiger partial charge in [0.05, 0.1) is 0 Å². The Kier molecular flexibility index (Phi) is 1.55. The molecule has 0 aliphatic carbocycles. The minimum atomic E-state index is -0.613. The molecular weight excluding hydrogens is 170 g/mol. The molecular formula is C9H7NO3. The van der Waals surface area contributed by atoms with Gasteiger partial charge in [0.1, 0.15) is 5.75 Å². The molecule has 0 bridgehead atoms. The molecule has 2 N–H and O–H groups in total. The topological polar surface area (TPSA) is 66.4 Å². The number of benzene rings is 1. The zero-order valence-electron chi connectivity index (χ0n) is 6.70. The Balaban J connectivity index is 2.54. The van der Waals surface area contributed by atoms with Gasteiger partial charge in [-0.1, -0.05) is 6.07 Å². The van der Waals surface area contributed by atoms with E-state index in [9.17, 15) is 14.7 Å². The lowest BCUT2D eigenvalue weighted by Gasteiger charge is -2.15. The predicted octanol–water partition coefficient (Wildman–Crippen LogP) is 0.456. The van der Waals surface area contributed by atoms with Crippen molar-refractivity contribution in [1.82, 2.24) is 0 Å². The third-order valence-electron chi connectivity index (χ3n) is 1.99.